The number of carbonyl (C=O) groups is 2. The van der Waals surface area contributed by atoms with Gasteiger partial charge >= 0.3 is 11.9 Å². The summed E-state index contributed by atoms with van der Waals surface area (Å²) in [5, 5.41) is 2.78. The van der Waals surface area contributed by atoms with Crippen molar-refractivity contribution in [2.45, 2.75) is 12.6 Å². The van der Waals surface area contributed by atoms with Crippen molar-refractivity contribution in [3.8, 4) is 0 Å². The molecule has 33 heavy (non-hydrogen) atoms. The maximum atomic E-state index is 13.2. The molecular formula is C22H22F3N5O3. The maximum Gasteiger partial charge on any atom is 0.417 e. The zero-order valence-corrected chi connectivity index (χ0v) is 17.5. The predicted octanol–water partition coefficient (Wildman–Crippen LogP) is 2.66. The van der Waals surface area contributed by atoms with Crippen LogP contribution in [0.15, 0.2) is 47.3 Å². The number of rotatable bonds is 5. The van der Waals surface area contributed by atoms with Crippen molar-refractivity contribution in [1.82, 2.24) is 19.8 Å². The Morgan fingerprint density at radius 1 is 0.970 bits per heavy atom. The molecule has 2 aromatic carbocycles. The summed E-state index contributed by atoms with van der Waals surface area (Å²) >= 11 is 0. The Kier molecular flexibility index (Phi) is 6.23. The molecule has 0 saturated carbocycles. The van der Waals surface area contributed by atoms with E-state index in [2.05, 4.69) is 15.3 Å². The second kappa shape index (κ2) is 9.10. The zero-order chi connectivity index (χ0) is 23.6. The number of halogens is 3. The molecule has 0 atom stereocenters. The highest BCUT2D eigenvalue weighted by Crippen LogP contribution is 2.32. The van der Waals surface area contributed by atoms with E-state index in [9.17, 15) is 27.6 Å². The number of nitrogens with one attached hydrogen (secondary N) is 3. The second-order valence-corrected chi connectivity index (χ2v) is 7.81. The lowest BCUT2D eigenvalue weighted by Crippen LogP contribution is -2.49. The van der Waals surface area contributed by atoms with Crippen LogP contribution in [0.1, 0.15) is 22.3 Å². The van der Waals surface area contributed by atoms with E-state index in [1.165, 1.54) is 23.1 Å². The van der Waals surface area contributed by atoms with E-state index in [1.807, 2.05) is 4.90 Å². The number of hydrogen-bond acceptors (Lipinski definition) is 4. The first kappa shape index (κ1) is 22.6. The van der Waals surface area contributed by atoms with Gasteiger partial charge in [0.1, 0.15) is 0 Å². The van der Waals surface area contributed by atoms with Gasteiger partial charge in [0, 0.05) is 44.8 Å². The Morgan fingerprint density at radius 3 is 2.39 bits per heavy atom. The number of hydrogen-bond donors (Lipinski definition) is 3. The number of nitrogens with zero attached hydrogens (tertiary/aromatic N) is 2. The predicted molar refractivity (Wildman–Crippen MR) is 116 cm³/mol. The monoisotopic (exact) mass is 461 g/mol. The first-order chi connectivity index (χ1) is 15.7. The van der Waals surface area contributed by atoms with Gasteiger partial charge in [-0.25, -0.2) is 4.79 Å². The summed E-state index contributed by atoms with van der Waals surface area (Å²) in [6.07, 6.45) is -4.38. The number of anilines is 1. The molecule has 3 aromatic rings. The number of fused-ring (bicyclic) bond motifs is 1. The molecule has 11 heteroatoms. The van der Waals surface area contributed by atoms with Crippen LogP contribution in [-0.4, -0.2) is 64.3 Å². The molecule has 8 nitrogen and oxygen atoms in total. The van der Waals surface area contributed by atoms with Crippen LogP contribution in [0.2, 0.25) is 0 Å². The fourth-order valence-corrected chi connectivity index (χ4v) is 3.86. The van der Waals surface area contributed by atoms with Gasteiger partial charge in [0.25, 0.3) is 5.91 Å². The van der Waals surface area contributed by atoms with E-state index < -0.39 is 17.6 Å². The van der Waals surface area contributed by atoms with Crippen molar-refractivity contribution >= 4 is 28.5 Å². The molecule has 1 fully saturated rings. The van der Waals surface area contributed by atoms with E-state index in [4.69, 9.17) is 0 Å². The summed E-state index contributed by atoms with van der Waals surface area (Å²) < 4.78 is 39.6. The quantitative estimate of drug-likeness (QED) is 0.544. The Labute approximate surface area is 186 Å². The first-order valence-electron chi connectivity index (χ1n) is 10.4. The van der Waals surface area contributed by atoms with Crippen molar-refractivity contribution < 1.29 is 22.8 Å². The van der Waals surface area contributed by atoms with Crippen LogP contribution in [0.5, 0.6) is 0 Å². The smallest absolute Gasteiger partial charge is 0.336 e. The third-order valence-electron chi connectivity index (χ3n) is 5.58. The van der Waals surface area contributed by atoms with Gasteiger partial charge in [-0.1, -0.05) is 12.1 Å². The highest BCUT2D eigenvalue weighted by atomic mass is 19.4. The van der Waals surface area contributed by atoms with Gasteiger partial charge in [0.15, 0.2) is 0 Å². The average molecular weight is 461 g/mol. The molecule has 0 unspecified atom stereocenters. The van der Waals surface area contributed by atoms with Crippen LogP contribution >= 0.6 is 0 Å². The molecule has 2 amide bonds. The highest BCUT2D eigenvalue weighted by molar-refractivity contribution is 5.96. The van der Waals surface area contributed by atoms with Gasteiger partial charge in [0.05, 0.1) is 22.2 Å². The van der Waals surface area contributed by atoms with Gasteiger partial charge in [-0.15, -0.1) is 0 Å². The molecule has 174 valence electrons. The molecule has 0 radical (unpaired) electrons. The lowest BCUT2D eigenvalue weighted by atomic mass is 10.1. The van der Waals surface area contributed by atoms with Gasteiger partial charge in [-0.05, 0) is 30.3 Å². The fourth-order valence-electron chi connectivity index (χ4n) is 3.86. The number of imidazole rings is 1. The van der Waals surface area contributed by atoms with Gasteiger partial charge in [-0.3, -0.25) is 14.5 Å². The van der Waals surface area contributed by atoms with Crippen molar-refractivity contribution in [1.29, 1.82) is 0 Å². The molecular weight excluding hydrogens is 439 g/mol. The summed E-state index contributed by atoms with van der Waals surface area (Å²) in [7, 11) is 0. The normalized spacial score (nSPS) is 15.1. The zero-order valence-electron chi connectivity index (χ0n) is 17.5. The van der Waals surface area contributed by atoms with E-state index in [0.29, 0.717) is 36.4 Å². The lowest BCUT2D eigenvalue weighted by molar-refractivity contribution is -0.138. The number of amides is 2. The molecule has 2 heterocycles. The molecule has 1 aromatic heterocycles. The lowest BCUT2D eigenvalue weighted by Gasteiger charge is -2.35. The molecule has 0 aliphatic carbocycles. The minimum Gasteiger partial charge on any atom is -0.336 e. The number of aromatic amines is 2. The summed E-state index contributed by atoms with van der Waals surface area (Å²) in [6, 6.07) is 9.83. The number of aromatic nitrogens is 2. The molecule has 1 saturated heterocycles. The number of alkyl halides is 3. The Morgan fingerprint density at radius 2 is 1.67 bits per heavy atom. The third-order valence-corrected chi connectivity index (χ3v) is 5.58. The van der Waals surface area contributed by atoms with E-state index in [1.54, 1.807) is 18.2 Å². The average Bonchev–Trinajstić information content (AvgIpc) is 3.16. The van der Waals surface area contributed by atoms with Gasteiger partial charge in [0.2, 0.25) is 5.91 Å². The third kappa shape index (κ3) is 5.25. The Hall–Kier alpha value is -3.60. The van der Waals surface area contributed by atoms with Crippen LogP contribution in [0.3, 0.4) is 0 Å². The standard InChI is InChI=1S/C22H22F3N5O3/c23-22(24,25)16-4-2-1-3-15(16)20(32)30-11-9-29(10-12-30)8-7-19(31)26-14-5-6-17-18(13-14)28-21(33)27-17/h1-6,13H,7-12H2,(H,26,31)(H2,27,28,33). The van der Waals surface area contributed by atoms with Crippen LogP contribution in [0, 0.1) is 0 Å². The van der Waals surface area contributed by atoms with E-state index in [0.717, 1.165) is 6.07 Å². The Bertz CT molecular complexity index is 1230. The van der Waals surface area contributed by atoms with Gasteiger partial charge in [-0.2, -0.15) is 13.2 Å². The van der Waals surface area contributed by atoms with Crippen LogP contribution < -0.4 is 11.0 Å². The topological polar surface area (TPSA) is 101 Å². The van der Waals surface area contributed by atoms with Crippen molar-refractivity contribution in [3.05, 3.63) is 64.1 Å². The minimum absolute atomic E-state index is 0.204. The summed E-state index contributed by atoms with van der Waals surface area (Å²) in [5.41, 5.74) is 0.179. The summed E-state index contributed by atoms with van der Waals surface area (Å²) in [4.78, 5) is 44.9. The van der Waals surface area contributed by atoms with Gasteiger partial charge < -0.3 is 20.2 Å². The van der Waals surface area contributed by atoms with Crippen molar-refractivity contribution in [3.63, 3.8) is 0 Å². The number of benzene rings is 2. The fraction of sp³-hybridized carbons (Fsp3) is 0.318. The summed E-state index contributed by atoms with van der Waals surface area (Å²) in [6.45, 7) is 1.94. The second-order valence-electron chi connectivity index (χ2n) is 7.81. The van der Waals surface area contributed by atoms with Crippen LogP contribution in [0.4, 0.5) is 18.9 Å². The largest absolute Gasteiger partial charge is 0.417 e. The van der Waals surface area contributed by atoms with Crippen LogP contribution in [0.25, 0.3) is 11.0 Å². The number of piperazine rings is 1. The SMILES string of the molecule is O=C(CCN1CCN(C(=O)c2ccccc2C(F)(F)F)CC1)Nc1ccc2[nH]c(=O)[nH]c2c1. The van der Waals surface area contributed by atoms with Crippen LogP contribution in [-0.2, 0) is 11.0 Å². The molecule has 0 bridgehead atoms. The molecule has 3 N–H and O–H groups in total. The first-order valence-corrected chi connectivity index (χ1v) is 10.4. The van der Waals surface area contributed by atoms with Crippen molar-refractivity contribution in [2.75, 3.05) is 38.0 Å². The van der Waals surface area contributed by atoms with Crippen molar-refractivity contribution in [2.24, 2.45) is 0 Å². The van der Waals surface area contributed by atoms with E-state index in [-0.39, 0.29) is 36.7 Å². The maximum absolute atomic E-state index is 13.2. The molecule has 1 aliphatic heterocycles. The molecule has 0 spiro atoms. The number of H-pyrrole nitrogens is 2. The minimum atomic E-state index is -4.59. The molecule has 4 rings (SSSR count). The highest BCUT2D eigenvalue weighted by Gasteiger charge is 2.36. The summed E-state index contributed by atoms with van der Waals surface area (Å²) in [5.74, 6) is -0.844. The Balaban J connectivity index is 1.27. The van der Waals surface area contributed by atoms with E-state index >= 15 is 0 Å². The number of carbonyl (C=O) groups excluding carboxylic acids is 2. The molecule has 1 aliphatic rings.